The Balaban J connectivity index is 2.08. The fourth-order valence-electron chi connectivity index (χ4n) is 2.78. The molecule has 0 heterocycles. The van der Waals surface area contributed by atoms with E-state index in [1.165, 1.54) is 17.6 Å². The molecule has 2 aliphatic rings. The molecule has 2 rings (SSSR count). The van der Waals surface area contributed by atoms with E-state index >= 15 is 0 Å². The number of hydrogen-bond acceptors (Lipinski definition) is 3. The zero-order valence-electron chi connectivity index (χ0n) is 11.4. The predicted molar refractivity (Wildman–Crippen MR) is 72.3 cm³/mol. The Hall–Kier alpha value is -0.620. The predicted octanol–water partition coefficient (Wildman–Crippen LogP) is 1.83. The maximum Gasteiger partial charge on any atom is 0.323 e. The van der Waals surface area contributed by atoms with Crippen LogP contribution in [0.25, 0.3) is 0 Å². The molecule has 0 aromatic rings. The molecule has 0 bridgehead atoms. The maximum atomic E-state index is 12.4. The second kappa shape index (κ2) is 5.79. The minimum Gasteiger partial charge on any atom is -0.480 e. The van der Waals surface area contributed by atoms with E-state index < -0.39 is 21.2 Å². The molecule has 6 heteroatoms. The number of carboxylic acid groups (broad SMARTS) is 1. The fourth-order valence-corrected chi connectivity index (χ4v) is 4.48. The Morgan fingerprint density at radius 2 is 1.79 bits per heavy atom. The summed E-state index contributed by atoms with van der Waals surface area (Å²) in [6.45, 7) is 1.79. The summed E-state index contributed by atoms with van der Waals surface area (Å²) in [6, 6.07) is 0.0497. The Morgan fingerprint density at radius 1 is 1.21 bits per heavy atom. The largest absolute Gasteiger partial charge is 0.480 e. The smallest absolute Gasteiger partial charge is 0.323 e. The number of rotatable bonds is 6. The summed E-state index contributed by atoms with van der Waals surface area (Å²) < 4.78 is 26.2. The first-order valence-corrected chi connectivity index (χ1v) is 8.66. The average Bonchev–Trinajstić information content (AvgIpc) is 3.20. The molecule has 0 aromatic heterocycles. The summed E-state index contributed by atoms with van der Waals surface area (Å²) in [5.41, 5.74) is 0. The Bertz CT molecular complexity index is 424. The van der Waals surface area contributed by atoms with Crippen LogP contribution >= 0.6 is 0 Å². The highest BCUT2D eigenvalue weighted by atomic mass is 32.2. The molecule has 1 unspecified atom stereocenters. The molecule has 0 saturated heterocycles. The number of nitrogens with zero attached hydrogens (tertiary/aromatic N) is 1. The van der Waals surface area contributed by atoms with Crippen LogP contribution in [0.15, 0.2) is 0 Å². The van der Waals surface area contributed by atoms with Crippen molar-refractivity contribution < 1.29 is 18.3 Å². The van der Waals surface area contributed by atoms with Crippen molar-refractivity contribution in [2.24, 2.45) is 5.92 Å². The molecule has 0 radical (unpaired) electrons. The van der Waals surface area contributed by atoms with Gasteiger partial charge in [0.05, 0.1) is 0 Å². The molecule has 0 aliphatic heterocycles. The molecule has 5 nitrogen and oxygen atoms in total. The van der Waals surface area contributed by atoms with Crippen molar-refractivity contribution in [3.63, 3.8) is 0 Å². The van der Waals surface area contributed by atoms with E-state index in [-0.39, 0.29) is 6.04 Å². The lowest BCUT2D eigenvalue weighted by molar-refractivity contribution is -0.136. The van der Waals surface area contributed by atoms with Gasteiger partial charge in [-0.25, -0.2) is 8.42 Å². The van der Waals surface area contributed by atoms with E-state index in [1.807, 2.05) is 0 Å². The van der Waals surface area contributed by atoms with Crippen molar-refractivity contribution in [2.45, 2.75) is 63.2 Å². The molecule has 19 heavy (non-hydrogen) atoms. The monoisotopic (exact) mass is 289 g/mol. The van der Waals surface area contributed by atoms with Gasteiger partial charge in [-0.15, -0.1) is 0 Å². The van der Waals surface area contributed by atoms with Gasteiger partial charge in [-0.3, -0.25) is 4.79 Å². The summed E-state index contributed by atoms with van der Waals surface area (Å²) in [5.74, 6) is -0.848. The molecule has 1 N–H and O–H groups in total. The second-order valence-electron chi connectivity index (χ2n) is 5.83. The summed E-state index contributed by atoms with van der Waals surface area (Å²) in [5, 5.41) is 7.63. The normalized spacial score (nSPS) is 23.5. The maximum absolute atomic E-state index is 12.4. The van der Waals surface area contributed by atoms with Crippen LogP contribution in [0.4, 0.5) is 0 Å². The summed E-state index contributed by atoms with van der Waals surface area (Å²) >= 11 is 0. The van der Waals surface area contributed by atoms with Crippen molar-refractivity contribution in [2.75, 3.05) is 6.54 Å². The van der Waals surface area contributed by atoms with Gasteiger partial charge in [0, 0.05) is 12.6 Å². The van der Waals surface area contributed by atoms with Crippen LogP contribution < -0.4 is 0 Å². The number of aliphatic carboxylic acids is 1. The lowest BCUT2D eigenvalue weighted by Gasteiger charge is -2.30. The minimum absolute atomic E-state index is 0.0497. The lowest BCUT2D eigenvalue weighted by Crippen LogP contribution is -2.44. The van der Waals surface area contributed by atoms with E-state index in [4.69, 9.17) is 5.11 Å². The third kappa shape index (κ3) is 3.48. The Morgan fingerprint density at radius 3 is 2.26 bits per heavy atom. The van der Waals surface area contributed by atoms with Gasteiger partial charge in [0.25, 0.3) is 0 Å². The first kappa shape index (κ1) is 14.8. The molecule has 2 saturated carbocycles. The number of carbonyl (C=O) groups is 1. The third-order valence-corrected chi connectivity index (χ3v) is 6.43. The zero-order chi connectivity index (χ0) is 14.0. The SMILES string of the molecule is CC(C(=O)O)S(=O)(=O)N(CC1CCCCC1)C1CC1. The Kier molecular flexibility index (Phi) is 4.50. The van der Waals surface area contributed by atoms with Crippen LogP contribution in [0.1, 0.15) is 51.9 Å². The topological polar surface area (TPSA) is 74.7 Å². The molecule has 2 fully saturated rings. The third-order valence-electron chi connectivity index (χ3n) is 4.24. The van der Waals surface area contributed by atoms with E-state index in [0.717, 1.165) is 38.5 Å². The van der Waals surface area contributed by atoms with Crippen LogP contribution in [0.2, 0.25) is 0 Å². The van der Waals surface area contributed by atoms with Crippen LogP contribution in [0.3, 0.4) is 0 Å². The van der Waals surface area contributed by atoms with Gasteiger partial charge in [-0.05, 0) is 38.5 Å². The minimum atomic E-state index is -3.70. The van der Waals surface area contributed by atoms with Crippen molar-refractivity contribution in [3.8, 4) is 0 Å². The zero-order valence-corrected chi connectivity index (χ0v) is 12.2. The molecule has 0 spiro atoms. The van der Waals surface area contributed by atoms with Crippen LogP contribution in [-0.2, 0) is 14.8 Å². The molecular formula is C13H23NO4S. The highest BCUT2D eigenvalue weighted by molar-refractivity contribution is 7.90. The second-order valence-corrected chi connectivity index (χ2v) is 8.04. The molecule has 2 aliphatic carbocycles. The number of carboxylic acids is 1. The van der Waals surface area contributed by atoms with Gasteiger partial charge in [-0.2, -0.15) is 4.31 Å². The van der Waals surface area contributed by atoms with Crippen molar-refractivity contribution in [1.82, 2.24) is 4.31 Å². The average molecular weight is 289 g/mol. The highest BCUT2D eigenvalue weighted by Gasteiger charge is 2.43. The van der Waals surface area contributed by atoms with Crippen LogP contribution in [-0.4, -0.2) is 41.6 Å². The number of hydrogen-bond donors (Lipinski definition) is 1. The van der Waals surface area contributed by atoms with Crippen LogP contribution in [0.5, 0.6) is 0 Å². The van der Waals surface area contributed by atoms with Crippen molar-refractivity contribution >= 4 is 16.0 Å². The summed E-state index contributed by atoms with van der Waals surface area (Å²) in [6.07, 6.45) is 7.45. The van der Waals surface area contributed by atoms with Crippen LogP contribution in [0, 0.1) is 5.92 Å². The van der Waals surface area contributed by atoms with Gasteiger partial charge < -0.3 is 5.11 Å². The molecule has 1 atom stereocenters. The van der Waals surface area contributed by atoms with Gasteiger partial charge in [-0.1, -0.05) is 19.3 Å². The molecule has 0 amide bonds. The van der Waals surface area contributed by atoms with Gasteiger partial charge in [0.1, 0.15) is 0 Å². The summed E-state index contributed by atoms with van der Waals surface area (Å²) in [7, 11) is -3.70. The van der Waals surface area contributed by atoms with E-state index in [0.29, 0.717) is 12.5 Å². The van der Waals surface area contributed by atoms with Gasteiger partial charge in [0.2, 0.25) is 10.0 Å². The lowest BCUT2D eigenvalue weighted by atomic mass is 9.89. The van der Waals surface area contributed by atoms with E-state index in [9.17, 15) is 13.2 Å². The standard InChI is InChI=1S/C13H23NO4S/c1-10(13(15)16)19(17,18)14(12-7-8-12)9-11-5-3-2-4-6-11/h10-12H,2-9H2,1H3,(H,15,16). The molecule has 110 valence electrons. The van der Waals surface area contributed by atoms with E-state index in [1.54, 1.807) is 0 Å². The van der Waals surface area contributed by atoms with Crippen molar-refractivity contribution in [1.29, 1.82) is 0 Å². The first-order valence-electron chi connectivity index (χ1n) is 7.16. The molecule has 0 aromatic carbocycles. The van der Waals surface area contributed by atoms with E-state index in [2.05, 4.69) is 0 Å². The van der Waals surface area contributed by atoms with Crippen molar-refractivity contribution in [3.05, 3.63) is 0 Å². The highest BCUT2D eigenvalue weighted by Crippen LogP contribution is 2.34. The summed E-state index contributed by atoms with van der Waals surface area (Å²) in [4.78, 5) is 11.0. The first-order chi connectivity index (χ1) is 8.93. The van der Waals surface area contributed by atoms with Gasteiger partial charge >= 0.3 is 5.97 Å². The Labute approximate surface area is 115 Å². The fraction of sp³-hybridized carbons (Fsp3) is 0.923. The van der Waals surface area contributed by atoms with Gasteiger partial charge in [0.15, 0.2) is 5.25 Å². The molecular weight excluding hydrogens is 266 g/mol. The quantitative estimate of drug-likeness (QED) is 0.809. The number of sulfonamides is 1.